The van der Waals surface area contributed by atoms with Gasteiger partial charge >= 0.3 is 0 Å². The molecular weight excluding hydrogens is 310 g/mol. The molecule has 2 aromatic rings. The molecular formula is C18H17NO3S. The highest BCUT2D eigenvalue weighted by molar-refractivity contribution is 7.12. The number of hydrogen-bond acceptors (Lipinski definition) is 5. The van der Waals surface area contributed by atoms with E-state index in [-0.39, 0.29) is 11.4 Å². The number of Topliss-reactive ketones (excluding diaryl/α,β-unsaturated/α-hetero) is 1. The van der Waals surface area contributed by atoms with Crippen LogP contribution >= 0.6 is 11.3 Å². The maximum atomic E-state index is 12.4. The van der Waals surface area contributed by atoms with Gasteiger partial charge in [0.15, 0.2) is 11.5 Å². The van der Waals surface area contributed by atoms with Gasteiger partial charge in [-0.05, 0) is 54.6 Å². The molecule has 1 heterocycles. The van der Waals surface area contributed by atoms with Crippen molar-refractivity contribution in [3.8, 4) is 17.6 Å². The molecule has 0 fully saturated rings. The van der Waals surface area contributed by atoms with Crippen LogP contribution in [0.15, 0.2) is 35.2 Å². The predicted molar refractivity (Wildman–Crippen MR) is 91.1 cm³/mol. The van der Waals surface area contributed by atoms with Crippen molar-refractivity contribution in [2.75, 3.05) is 13.7 Å². The summed E-state index contributed by atoms with van der Waals surface area (Å²) in [5.74, 6) is 0.941. The number of nitrogens with zero attached hydrogens (tertiary/aromatic N) is 1. The average molecular weight is 327 g/mol. The molecule has 0 aliphatic heterocycles. The van der Waals surface area contributed by atoms with Gasteiger partial charge in [0, 0.05) is 0 Å². The number of hydrogen-bond donors (Lipinski definition) is 0. The number of benzene rings is 1. The van der Waals surface area contributed by atoms with Gasteiger partial charge in [-0.15, -0.1) is 11.3 Å². The Balaban J connectivity index is 2.37. The van der Waals surface area contributed by atoms with Crippen LogP contribution in [0.2, 0.25) is 0 Å². The lowest BCUT2D eigenvalue weighted by atomic mass is 10.0. The van der Waals surface area contributed by atoms with Crippen molar-refractivity contribution < 1.29 is 14.3 Å². The number of carbonyl (C=O) groups is 1. The second-order valence-corrected chi connectivity index (χ2v) is 5.69. The molecule has 0 aliphatic rings. The van der Waals surface area contributed by atoms with Crippen LogP contribution in [0.1, 0.15) is 27.7 Å². The zero-order chi connectivity index (χ0) is 16.8. The molecule has 0 aliphatic carbocycles. The summed E-state index contributed by atoms with van der Waals surface area (Å²) < 4.78 is 10.7. The molecule has 0 radical (unpaired) electrons. The topological polar surface area (TPSA) is 59.3 Å². The Labute approximate surface area is 139 Å². The third kappa shape index (κ3) is 3.79. The van der Waals surface area contributed by atoms with Gasteiger partial charge in [-0.3, -0.25) is 4.79 Å². The normalized spacial score (nSPS) is 11.0. The summed E-state index contributed by atoms with van der Waals surface area (Å²) in [4.78, 5) is 13.0. The molecule has 23 heavy (non-hydrogen) atoms. The van der Waals surface area contributed by atoms with Crippen LogP contribution in [0.4, 0.5) is 0 Å². The van der Waals surface area contributed by atoms with Gasteiger partial charge in [0.05, 0.1) is 18.6 Å². The smallest absolute Gasteiger partial charge is 0.213 e. The van der Waals surface area contributed by atoms with E-state index in [1.807, 2.05) is 31.4 Å². The summed E-state index contributed by atoms with van der Waals surface area (Å²) in [7, 11) is 1.55. The van der Waals surface area contributed by atoms with E-state index in [2.05, 4.69) is 0 Å². The number of rotatable bonds is 6. The molecule has 4 nitrogen and oxygen atoms in total. The fourth-order valence-electron chi connectivity index (χ4n) is 2.09. The van der Waals surface area contributed by atoms with E-state index in [0.29, 0.717) is 28.5 Å². The second kappa shape index (κ2) is 7.61. The van der Waals surface area contributed by atoms with Crippen molar-refractivity contribution in [3.63, 3.8) is 0 Å². The third-order valence-corrected chi connectivity index (χ3v) is 4.25. The summed E-state index contributed by atoms with van der Waals surface area (Å²) in [5.41, 5.74) is 1.69. The lowest BCUT2D eigenvalue weighted by molar-refractivity contribution is 0.104. The molecule has 118 valence electrons. The number of ketones is 1. The van der Waals surface area contributed by atoms with E-state index in [1.165, 1.54) is 11.3 Å². The largest absolute Gasteiger partial charge is 0.493 e. The van der Waals surface area contributed by atoms with Crippen LogP contribution in [0.3, 0.4) is 0 Å². The number of nitriles is 1. The SMILES string of the molecule is CCOc1ccc(/C=C(\C#N)C(=O)c2sccc2C)cc1OC. The van der Waals surface area contributed by atoms with E-state index in [9.17, 15) is 10.1 Å². The van der Waals surface area contributed by atoms with E-state index in [4.69, 9.17) is 9.47 Å². The number of thiophene rings is 1. The first kappa shape index (κ1) is 16.8. The first-order valence-corrected chi connectivity index (χ1v) is 8.00. The third-order valence-electron chi connectivity index (χ3n) is 3.23. The monoisotopic (exact) mass is 327 g/mol. The number of allylic oxidation sites excluding steroid dienone is 1. The van der Waals surface area contributed by atoms with Crippen LogP contribution in [0, 0.1) is 18.3 Å². The van der Waals surface area contributed by atoms with Crippen molar-refractivity contribution in [1.82, 2.24) is 0 Å². The minimum absolute atomic E-state index is 0.0989. The Kier molecular flexibility index (Phi) is 5.56. The lowest BCUT2D eigenvalue weighted by Crippen LogP contribution is -2.01. The molecule has 0 amide bonds. The van der Waals surface area contributed by atoms with Gasteiger partial charge < -0.3 is 9.47 Å². The quantitative estimate of drug-likeness (QED) is 0.452. The van der Waals surface area contributed by atoms with Gasteiger partial charge in [-0.25, -0.2) is 0 Å². The lowest BCUT2D eigenvalue weighted by Gasteiger charge is -2.09. The second-order valence-electron chi connectivity index (χ2n) is 4.77. The van der Waals surface area contributed by atoms with Crippen LogP contribution in [0.25, 0.3) is 6.08 Å². The van der Waals surface area contributed by atoms with Gasteiger partial charge in [0.2, 0.25) is 5.78 Å². The minimum Gasteiger partial charge on any atom is -0.493 e. The minimum atomic E-state index is -0.257. The summed E-state index contributed by atoms with van der Waals surface area (Å²) in [6, 6.07) is 9.16. The van der Waals surface area contributed by atoms with Gasteiger partial charge in [0.1, 0.15) is 11.6 Å². The Morgan fingerprint density at radius 3 is 2.70 bits per heavy atom. The fourth-order valence-corrected chi connectivity index (χ4v) is 2.97. The highest BCUT2D eigenvalue weighted by atomic mass is 32.1. The van der Waals surface area contributed by atoms with Crippen LogP contribution in [-0.4, -0.2) is 19.5 Å². The zero-order valence-electron chi connectivity index (χ0n) is 13.3. The summed E-state index contributed by atoms with van der Waals surface area (Å²) >= 11 is 1.34. The standard InChI is InChI=1S/C18H17NO3S/c1-4-22-15-6-5-13(10-16(15)21-3)9-14(11-19)17(20)18-12(2)7-8-23-18/h5-10H,4H2,1-3H3/b14-9+. The molecule has 0 unspecified atom stereocenters. The van der Waals surface area contributed by atoms with Crippen LogP contribution in [-0.2, 0) is 0 Å². The summed E-state index contributed by atoms with van der Waals surface area (Å²) in [6.45, 7) is 4.28. The number of methoxy groups -OCH3 is 1. The van der Waals surface area contributed by atoms with Crippen molar-refractivity contribution in [3.05, 3.63) is 51.2 Å². The van der Waals surface area contributed by atoms with Crippen molar-refractivity contribution >= 4 is 23.2 Å². The Hall–Kier alpha value is -2.58. The molecule has 1 aromatic carbocycles. The zero-order valence-corrected chi connectivity index (χ0v) is 14.1. The van der Waals surface area contributed by atoms with Crippen molar-refractivity contribution in [2.45, 2.75) is 13.8 Å². The van der Waals surface area contributed by atoms with Crippen molar-refractivity contribution in [2.24, 2.45) is 0 Å². The average Bonchev–Trinajstić information content (AvgIpc) is 2.99. The molecule has 2 rings (SSSR count). The Bertz CT molecular complexity index is 784. The van der Waals surface area contributed by atoms with E-state index in [1.54, 1.807) is 31.4 Å². The first-order valence-electron chi connectivity index (χ1n) is 7.12. The Morgan fingerprint density at radius 1 is 1.35 bits per heavy atom. The highest BCUT2D eigenvalue weighted by Gasteiger charge is 2.16. The molecule has 5 heteroatoms. The van der Waals surface area contributed by atoms with Gasteiger partial charge in [-0.1, -0.05) is 6.07 Å². The Morgan fingerprint density at radius 2 is 2.13 bits per heavy atom. The number of ether oxygens (including phenoxy) is 2. The molecule has 0 saturated carbocycles. The molecule has 0 spiro atoms. The summed E-state index contributed by atoms with van der Waals surface area (Å²) in [5, 5.41) is 11.2. The highest BCUT2D eigenvalue weighted by Crippen LogP contribution is 2.29. The number of aryl methyl sites for hydroxylation is 1. The van der Waals surface area contributed by atoms with E-state index in [0.717, 1.165) is 5.56 Å². The predicted octanol–water partition coefficient (Wildman–Crippen LogP) is 4.25. The van der Waals surface area contributed by atoms with E-state index < -0.39 is 0 Å². The number of carbonyl (C=O) groups excluding carboxylic acids is 1. The fraction of sp³-hybridized carbons (Fsp3) is 0.222. The maximum absolute atomic E-state index is 12.4. The molecule has 0 atom stereocenters. The first-order chi connectivity index (χ1) is 11.1. The molecule has 0 N–H and O–H groups in total. The summed E-state index contributed by atoms with van der Waals surface area (Å²) in [6.07, 6.45) is 1.57. The molecule has 1 aromatic heterocycles. The molecule has 0 saturated heterocycles. The van der Waals surface area contributed by atoms with Gasteiger partial charge in [-0.2, -0.15) is 5.26 Å². The van der Waals surface area contributed by atoms with Crippen molar-refractivity contribution in [1.29, 1.82) is 5.26 Å². The van der Waals surface area contributed by atoms with Crippen LogP contribution in [0.5, 0.6) is 11.5 Å². The maximum Gasteiger partial charge on any atom is 0.213 e. The molecule has 0 bridgehead atoms. The van der Waals surface area contributed by atoms with Crippen LogP contribution < -0.4 is 9.47 Å². The van der Waals surface area contributed by atoms with Gasteiger partial charge in [0.25, 0.3) is 0 Å². The van der Waals surface area contributed by atoms with E-state index >= 15 is 0 Å².